The van der Waals surface area contributed by atoms with Crippen molar-refractivity contribution < 1.29 is 8.78 Å². The summed E-state index contributed by atoms with van der Waals surface area (Å²) in [5.74, 6) is 1.51. The number of fused-ring (bicyclic) bond motifs is 2. The van der Waals surface area contributed by atoms with E-state index in [2.05, 4.69) is 105 Å². The summed E-state index contributed by atoms with van der Waals surface area (Å²) in [5.41, 5.74) is 12.3. The van der Waals surface area contributed by atoms with Crippen LogP contribution < -0.4 is 20.9 Å². The van der Waals surface area contributed by atoms with Gasteiger partial charge in [0, 0.05) is 46.6 Å². The molecule has 2 atom stereocenters. The molecule has 0 saturated carbocycles. The molecule has 0 aliphatic carbocycles. The highest BCUT2D eigenvalue weighted by molar-refractivity contribution is 5.60. The van der Waals surface area contributed by atoms with E-state index in [4.69, 9.17) is 4.98 Å². The van der Waals surface area contributed by atoms with Crippen LogP contribution >= 0.6 is 0 Å². The zero-order valence-corrected chi connectivity index (χ0v) is 32.7. The van der Waals surface area contributed by atoms with Crippen molar-refractivity contribution in [3.05, 3.63) is 159 Å². The largest absolute Gasteiger partial charge is 0.349 e. The predicted octanol–water partition coefficient (Wildman–Crippen LogP) is 10.3. The maximum absolute atomic E-state index is 13.1. The van der Waals surface area contributed by atoms with Crippen LogP contribution in [0.2, 0.25) is 0 Å². The van der Waals surface area contributed by atoms with Crippen molar-refractivity contribution in [1.82, 2.24) is 25.3 Å². The van der Waals surface area contributed by atoms with E-state index in [1.807, 2.05) is 27.7 Å². The van der Waals surface area contributed by atoms with E-state index in [9.17, 15) is 8.78 Å². The zero-order chi connectivity index (χ0) is 39.1. The molecule has 0 fully saturated rings. The van der Waals surface area contributed by atoms with Crippen LogP contribution in [0.25, 0.3) is 0 Å². The topological polar surface area (TPSA) is 90.9 Å². The molecule has 0 amide bonds. The van der Waals surface area contributed by atoms with Gasteiger partial charge in [0.15, 0.2) is 0 Å². The second-order valence-corrected chi connectivity index (χ2v) is 14.1. The van der Waals surface area contributed by atoms with Crippen molar-refractivity contribution in [2.75, 3.05) is 28.6 Å². The summed E-state index contributed by atoms with van der Waals surface area (Å²) in [7, 11) is 0. The van der Waals surface area contributed by atoms with Gasteiger partial charge in [0.05, 0.1) is 6.04 Å². The van der Waals surface area contributed by atoms with Gasteiger partial charge in [0.1, 0.15) is 17.5 Å². The fourth-order valence-corrected chi connectivity index (χ4v) is 6.88. The Bertz CT molecular complexity index is 2200. The third kappa shape index (κ3) is 9.69. The first-order valence-electron chi connectivity index (χ1n) is 18.8. The van der Waals surface area contributed by atoms with Crippen LogP contribution in [0.3, 0.4) is 0 Å². The van der Waals surface area contributed by atoms with Crippen LogP contribution in [0.1, 0.15) is 76.4 Å². The Morgan fingerprint density at radius 2 is 1.05 bits per heavy atom. The number of benzene rings is 4. The van der Waals surface area contributed by atoms with E-state index in [1.165, 1.54) is 52.9 Å². The predicted molar refractivity (Wildman–Crippen MR) is 220 cm³/mol. The van der Waals surface area contributed by atoms with Gasteiger partial charge in [-0.05, 0) is 144 Å². The first kappa shape index (κ1) is 39.0. The number of nitrogens with one attached hydrogen (secondary N) is 3. The van der Waals surface area contributed by atoms with Crippen molar-refractivity contribution in [2.45, 2.75) is 73.4 Å². The summed E-state index contributed by atoms with van der Waals surface area (Å²) < 4.78 is 25.9. The smallest absolute Gasteiger partial charge is 0.229 e. The molecule has 2 unspecified atom stereocenters. The van der Waals surface area contributed by atoms with Crippen LogP contribution in [0.5, 0.6) is 0 Å². The fourth-order valence-electron chi connectivity index (χ4n) is 6.88. The number of aromatic nitrogens is 4. The van der Waals surface area contributed by atoms with Gasteiger partial charge in [0.2, 0.25) is 11.9 Å². The van der Waals surface area contributed by atoms with Crippen molar-refractivity contribution in [1.29, 1.82) is 0 Å². The van der Waals surface area contributed by atoms with Crippen LogP contribution in [0, 0.1) is 46.3 Å². The van der Waals surface area contributed by atoms with Gasteiger partial charge in [-0.25, -0.2) is 23.7 Å². The fraction of sp³-hybridized carbons (Fsp3) is 0.289. The minimum atomic E-state index is -0.261. The normalized spacial score (nSPS) is 15.7. The lowest BCUT2D eigenvalue weighted by molar-refractivity contribution is 0.541. The summed E-state index contributed by atoms with van der Waals surface area (Å²) >= 11 is 0. The number of anilines is 5. The molecule has 6 aromatic rings. The molecular weight excluding hydrogens is 691 g/mol. The van der Waals surface area contributed by atoms with Crippen LogP contribution in [-0.4, -0.2) is 33.0 Å². The van der Waals surface area contributed by atoms with Gasteiger partial charge in [-0.15, -0.1) is 0 Å². The summed E-state index contributed by atoms with van der Waals surface area (Å²) in [6.07, 6.45) is 2.18. The number of aryl methyl sites for hydroxylation is 3. The van der Waals surface area contributed by atoms with Crippen molar-refractivity contribution in [3.63, 3.8) is 0 Å². The van der Waals surface area contributed by atoms with E-state index in [1.54, 1.807) is 24.3 Å². The Labute approximate surface area is 323 Å². The monoisotopic (exact) mass is 740 g/mol. The molecule has 2 aromatic heterocycles. The molecule has 284 valence electrons. The first-order valence-corrected chi connectivity index (χ1v) is 18.8. The average molecular weight is 741 g/mol. The van der Waals surface area contributed by atoms with Crippen LogP contribution in [-0.2, 0) is 12.8 Å². The highest BCUT2D eigenvalue weighted by Gasteiger charge is 2.27. The molecule has 10 heteroatoms. The number of halogens is 2. The minimum Gasteiger partial charge on any atom is -0.349 e. The van der Waals surface area contributed by atoms with E-state index in [-0.39, 0.29) is 17.7 Å². The Hall–Kier alpha value is -5.74. The van der Waals surface area contributed by atoms with E-state index in [0.29, 0.717) is 17.9 Å². The maximum Gasteiger partial charge on any atom is 0.229 e. The molecule has 2 aliphatic heterocycles. The SMILES string of the molecule is CC1NCCc2ccccc21.Cc1nc(Nc2ccc(F)cc2)nc(C)c1C.Cc1nc(Nc2ccc(F)cc2)nc(N2CCc3ccccc3C2C)c1C. The lowest BCUT2D eigenvalue weighted by atomic mass is 9.93. The summed E-state index contributed by atoms with van der Waals surface area (Å²) in [5, 5.41) is 9.69. The second-order valence-electron chi connectivity index (χ2n) is 14.1. The van der Waals surface area contributed by atoms with Crippen LogP contribution in [0.15, 0.2) is 97.1 Å². The molecule has 0 saturated heterocycles. The number of hydrogen-bond acceptors (Lipinski definition) is 8. The molecule has 55 heavy (non-hydrogen) atoms. The van der Waals surface area contributed by atoms with Gasteiger partial charge in [0.25, 0.3) is 0 Å². The molecule has 8 rings (SSSR count). The lowest BCUT2D eigenvalue weighted by Crippen LogP contribution is -2.35. The third-order valence-corrected chi connectivity index (χ3v) is 10.4. The highest BCUT2D eigenvalue weighted by Crippen LogP contribution is 2.35. The minimum absolute atomic E-state index is 0.252. The molecule has 0 bridgehead atoms. The average Bonchev–Trinajstić information content (AvgIpc) is 3.18. The Morgan fingerprint density at radius 3 is 1.60 bits per heavy atom. The molecule has 0 spiro atoms. The summed E-state index contributed by atoms with van der Waals surface area (Å²) in [6.45, 7) is 16.4. The van der Waals surface area contributed by atoms with E-state index in [0.717, 1.165) is 64.9 Å². The molecule has 0 radical (unpaired) electrons. The number of rotatable bonds is 5. The quantitative estimate of drug-likeness (QED) is 0.161. The maximum atomic E-state index is 13.1. The van der Waals surface area contributed by atoms with Crippen molar-refractivity contribution in [2.24, 2.45) is 0 Å². The van der Waals surface area contributed by atoms with E-state index >= 15 is 0 Å². The first-order chi connectivity index (χ1) is 26.5. The molecular formula is C45H50F2N8. The van der Waals surface area contributed by atoms with E-state index < -0.39 is 0 Å². The lowest BCUT2D eigenvalue weighted by Gasteiger charge is -2.37. The molecule has 4 aromatic carbocycles. The van der Waals surface area contributed by atoms with Gasteiger partial charge in [-0.1, -0.05) is 48.5 Å². The van der Waals surface area contributed by atoms with Gasteiger partial charge in [-0.3, -0.25) is 0 Å². The molecule has 3 N–H and O–H groups in total. The highest BCUT2D eigenvalue weighted by atomic mass is 19.1. The molecule has 4 heterocycles. The summed E-state index contributed by atoms with van der Waals surface area (Å²) in [4.78, 5) is 20.4. The van der Waals surface area contributed by atoms with Crippen molar-refractivity contribution >= 4 is 29.1 Å². The second kappa shape index (κ2) is 17.6. The molecule has 2 aliphatic rings. The standard InChI is InChI=1S/C22H23FN4.C13H14FN3.C10H13N/c1-14-15(2)24-22(25-19-10-8-18(23)9-11-19)26-21(14)27-13-12-17-6-4-5-7-20(17)16(27)3;1-8-9(2)15-13(16-10(8)3)17-12-6-4-11(14)5-7-12;1-8-10-5-3-2-4-9(10)6-7-11-8/h4-11,16H,12-13H2,1-3H3,(H,24,25,26);4-7H,1-3H3,(H,15,16,17);2-5,8,11H,6-7H2,1H3. The summed E-state index contributed by atoms with van der Waals surface area (Å²) in [6, 6.07) is 30.4. The zero-order valence-electron chi connectivity index (χ0n) is 32.7. The van der Waals surface area contributed by atoms with Crippen LogP contribution in [0.4, 0.5) is 37.9 Å². The number of hydrogen-bond donors (Lipinski definition) is 3. The Balaban J connectivity index is 0.000000156. The van der Waals surface area contributed by atoms with Gasteiger partial charge >= 0.3 is 0 Å². The van der Waals surface area contributed by atoms with Crippen molar-refractivity contribution in [3.8, 4) is 0 Å². The molecule has 8 nitrogen and oxygen atoms in total. The Kier molecular flexibility index (Phi) is 12.5. The van der Waals surface area contributed by atoms with Gasteiger partial charge in [-0.2, -0.15) is 4.98 Å². The third-order valence-electron chi connectivity index (χ3n) is 10.4. The Morgan fingerprint density at radius 1 is 0.582 bits per heavy atom. The number of nitrogens with zero attached hydrogens (tertiary/aromatic N) is 5. The van der Waals surface area contributed by atoms with Gasteiger partial charge < -0.3 is 20.9 Å².